The van der Waals surface area contributed by atoms with Crippen LogP contribution in [0.15, 0.2) is 66.2 Å². The first-order chi connectivity index (χ1) is 18.8. The Labute approximate surface area is 221 Å². The van der Waals surface area contributed by atoms with Gasteiger partial charge in [0.1, 0.15) is 12.2 Å². The van der Waals surface area contributed by atoms with Gasteiger partial charge in [-0.1, -0.05) is 18.2 Å². The van der Waals surface area contributed by atoms with Gasteiger partial charge >= 0.3 is 6.03 Å². The summed E-state index contributed by atoms with van der Waals surface area (Å²) in [7, 11) is 0. The van der Waals surface area contributed by atoms with E-state index < -0.39 is 22.8 Å². The smallest absolute Gasteiger partial charge is 0.335 e. The molecular weight excluding hydrogens is 510 g/mol. The predicted molar refractivity (Wildman–Crippen MR) is 137 cm³/mol. The first-order valence-corrected chi connectivity index (χ1v) is 11.8. The number of anilines is 1. The van der Waals surface area contributed by atoms with Gasteiger partial charge in [-0.25, -0.2) is 9.69 Å². The lowest BCUT2D eigenvalue weighted by Gasteiger charge is -2.26. The third-order valence-corrected chi connectivity index (χ3v) is 5.81. The van der Waals surface area contributed by atoms with Crippen LogP contribution in [0.1, 0.15) is 18.1 Å². The normalized spacial score (nSPS) is 15.4. The van der Waals surface area contributed by atoms with E-state index >= 15 is 0 Å². The van der Waals surface area contributed by atoms with Gasteiger partial charge in [0.25, 0.3) is 17.5 Å². The molecule has 1 saturated heterocycles. The van der Waals surface area contributed by atoms with Gasteiger partial charge < -0.3 is 18.9 Å². The summed E-state index contributed by atoms with van der Waals surface area (Å²) in [5.74, 6) is -0.103. The maximum absolute atomic E-state index is 13.3. The summed E-state index contributed by atoms with van der Waals surface area (Å²) in [6, 6.07) is 14.5. The summed E-state index contributed by atoms with van der Waals surface area (Å²) in [5.41, 5.74) is 0.932. The van der Waals surface area contributed by atoms with E-state index in [9.17, 15) is 24.5 Å². The van der Waals surface area contributed by atoms with Crippen molar-refractivity contribution in [3.8, 4) is 23.0 Å². The number of urea groups is 1. The van der Waals surface area contributed by atoms with Crippen LogP contribution in [0.25, 0.3) is 6.08 Å². The van der Waals surface area contributed by atoms with Gasteiger partial charge in [0.05, 0.1) is 17.2 Å². The summed E-state index contributed by atoms with van der Waals surface area (Å²) in [5, 5.41) is 13.2. The molecule has 198 valence electrons. The Morgan fingerprint density at radius 1 is 1.00 bits per heavy atom. The number of imide groups is 2. The quantitative estimate of drug-likeness (QED) is 0.197. The molecule has 2 aliphatic heterocycles. The summed E-state index contributed by atoms with van der Waals surface area (Å²) >= 11 is 0. The van der Waals surface area contributed by atoms with Gasteiger partial charge in [0.15, 0.2) is 23.0 Å². The zero-order valence-corrected chi connectivity index (χ0v) is 20.5. The molecule has 0 saturated carbocycles. The molecule has 0 aromatic heterocycles. The Kier molecular flexibility index (Phi) is 6.83. The number of fused-ring (bicyclic) bond motifs is 1. The summed E-state index contributed by atoms with van der Waals surface area (Å²) < 4.78 is 22.1. The van der Waals surface area contributed by atoms with Crippen LogP contribution < -0.4 is 29.2 Å². The van der Waals surface area contributed by atoms with E-state index in [0.29, 0.717) is 40.7 Å². The van der Waals surface area contributed by atoms with E-state index in [0.717, 1.165) is 4.90 Å². The molecule has 1 fully saturated rings. The zero-order chi connectivity index (χ0) is 27.5. The Balaban J connectivity index is 1.40. The fourth-order valence-electron chi connectivity index (χ4n) is 4.01. The predicted octanol–water partition coefficient (Wildman–Crippen LogP) is 3.97. The van der Waals surface area contributed by atoms with Crippen molar-refractivity contribution < 1.29 is 38.3 Å². The molecule has 12 heteroatoms. The van der Waals surface area contributed by atoms with Crippen molar-refractivity contribution in [2.75, 3.05) is 18.3 Å². The molecule has 12 nitrogen and oxygen atoms in total. The number of carbonyl (C=O) groups is 3. The molecule has 3 aromatic carbocycles. The fourth-order valence-corrected chi connectivity index (χ4v) is 4.01. The second-order valence-corrected chi connectivity index (χ2v) is 8.35. The van der Waals surface area contributed by atoms with Crippen molar-refractivity contribution in [3.63, 3.8) is 0 Å². The number of benzene rings is 3. The van der Waals surface area contributed by atoms with Crippen LogP contribution in [0.2, 0.25) is 0 Å². The molecule has 1 N–H and O–H groups in total. The molecule has 0 aliphatic carbocycles. The Morgan fingerprint density at radius 2 is 1.82 bits per heavy atom. The number of nitrogens with zero attached hydrogens (tertiary/aromatic N) is 2. The van der Waals surface area contributed by atoms with E-state index in [2.05, 4.69) is 5.32 Å². The molecule has 0 spiro atoms. The maximum Gasteiger partial charge on any atom is 0.335 e. The molecule has 0 unspecified atom stereocenters. The minimum absolute atomic E-state index is 0.0235. The van der Waals surface area contributed by atoms with Crippen molar-refractivity contribution in [1.29, 1.82) is 0 Å². The molecule has 0 atom stereocenters. The van der Waals surface area contributed by atoms with Gasteiger partial charge in [-0.05, 0) is 48.4 Å². The summed E-state index contributed by atoms with van der Waals surface area (Å²) in [6.07, 6.45) is 1.34. The zero-order valence-electron chi connectivity index (χ0n) is 20.5. The third-order valence-electron chi connectivity index (χ3n) is 5.81. The Bertz CT molecular complexity index is 1530. The highest BCUT2D eigenvalue weighted by molar-refractivity contribution is 6.39. The standard InChI is InChI=1S/C27H21N3O9/c1-2-36-23-12-16(6-8-21(23)37-14-17-4-3-5-19(10-17)30(34)35)11-20-25(31)28-27(33)29(26(20)32)18-7-9-22-24(13-18)39-15-38-22/h3-13H,2,14-15H2,1H3,(H,28,31,33)/b20-11+. The number of nitrogens with one attached hydrogen (secondary N) is 1. The lowest BCUT2D eigenvalue weighted by Crippen LogP contribution is -2.54. The van der Waals surface area contributed by atoms with E-state index in [4.69, 9.17) is 18.9 Å². The Hall–Kier alpha value is -5.39. The fraction of sp³-hybridized carbons (Fsp3) is 0.148. The topological polar surface area (TPSA) is 147 Å². The highest BCUT2D eigenvalue weighted by atomic mass is 16.7. The van der Waals surface area contributed by atoms with Gasteiger partial charge in [-0.3, -0.25) is 25.0 Å². The van der Waals surface area contributed by atoms with Gasteiger partial charge in [0.2, 0.25) is 6.79 Å². The molecule has 2 heterocycles. The molecular formula is C27H21N3O9. The number of carbonyl (C=O) groups excluding carboxylic acids is 3. The number of amides is 4. The van der Waals surface area contributed by atoms with Crippen LogP contribution in [0.4, 0.5) is 16.2 Å². The summed E-state index contributed by atoms with van der Waals surface area (Å²) in [6.45, 7) is 2.16. The van der Waals surface area contributed by atoms with Gasteiger partial charge in [-0.2, -0.15) is 0 Å². The Morgan fingerprint density at radius 3 is 2.62 bits per heavy atom. The maximum atomic E-state index is 13.3. The lowest BCUT2D eigenvalue weighted by molar-refractivity contribution is -0.384. The van der Waals surface area contributed by atoms with Crippen LogP contribution in [0.3, 0.4) is 0 Å². The van der Waals surface area contributed by atoms with Gasteiger partial charge in [0, 0.05) is 18.2 Å². The first kappa shape index (κ1) is 25.3. The van der Waals surface area contributed by atoms with Crippen LogP contribution in [-0.2, 0) is 16.2 Å². The largest absolute Gasteiger partial charge is 0.490 e. The highest BCUT2D eigenvalue weighted by Gasteiger charge is 2.37. The molecule has 0 bridgehead atoms. The van der Waals surface area contributed by atoms with Crippen molar-refractivity contribution in [3.05, 3.63) is 87.5 Å². The number of hydrogen-bond acceptors (Lipinski definition) is 9. The average molecular weight is 531 g/mol. The number of ether oxygens (including phenoxy) is 4. The van der Waals surface area contributed by atoms with Crippen LogP contribution in [0.5, 0.6) is 23.0 Å². The van der Waals surface area contributed by atoms with Crippen molar-refractivity contribution in [1.82, 2.24) is 5.32 Å². The molecule has 4 amide bonds. The summed E-state index contributed by atoms with van der Waals surface area (Å²) in [4.78, 5) is 49.8. The number of nitro benzene ring substituents is 1. The molecule has 39 heavy (non-hydrogen) atoms. The number of barbiturate groups is 1. The molecule has 5 rings (SSSR count). The minimum atomic E-state index is -0.888. The number of rotatable bonds is 8. The lowest BCUT2D eigenvalue weighted by atomic mass is 10.1. The van der Waals surface area contributed by atoms with Crippen LogP contribution in [-0.4, -0.2) is 36.2 Å². The molecule has 3 aromatic rings. The van der Waals surface area contributed by atoms with E-state index in [1.807, 2.05) is 0 Å². The van der Waals surface area contributed by atoms with Crippen LogP contribution in [0, 0.1) is 10.1 Å². The number of hydrogen-bond donors (Lipinski definition) is 1. The van der Waals surface area contributed by atoms with Crippen molar-refractivity contribution in [2.45, 2.75) is 13.5 Å². The number of non-ortho nitro benzene ring substituents is 1. The van der Waals surface area contributed by atoms with Crippen molar-refractivity contribution in [2.24, 2.45) is 0 Å². The second kappa shape index (κ2) is 10.5. The van der Waals surface area contributed by atoms with Crippen LogP contribution >= 0.6 is 0 Å². The highest BCUT2D eigenvalue weighted by Crippen LogP contribution is 2.37. The second-order valence-electron chi connectivity index (χ2n) is 8.35. The van der Waals surface area contributed by atoms with E-state index in [-0.39, 0.29) is 30.3 Å². The molecule has 0 radical (unpaired) electrons. The number of nitro groups is 1. The third kappa shape index (κ3) is 5.21. The average Bonchev–Trinajstić information content (AvgIpc) is 3.39. The first-order valence-electron chi connectivity index (χ1n) is 11.8. The van der Waals surface area contributed by atoms with Crippen molar-refractivity contribution >= 4 is 35.3 Å². The minimum Gasteiger partial charge on any atom is -0.490 e. The SMILES string of the molecule is CCOc1cc(/C=C2\C(=O)NC(=O)N(c3ccc4c(c3)OCO4)C2=O)ccc1OCc1cccc([N+](=O)[O-])c1. The molecule has 2 aliphatic rings. The monoisotopic (exact) mass is 531 g/mol. The van der Waals surface area contributed by atoms with E-state index in [1.165, 1.54) is 30.3 Å². The van der Waals surface area contributed by atoms with E-state index in [1.54, 1.807) is 43.3 Å². The van der Waals surface area contributed by atoms with Gasteiger partial charge in [-0.15, -0.1) is 0 Å².